The number of hydrogen-bond acceptors (Lipinski definition) is 4. The first kappa shape index (κ1) is 16.4. The lowest BCUT2D eigenvalue weighted by Crippen LogP contribution is -2.52. The van der Waals surface area contributed by atoms with Gasteiger partial charge in [0.05, 0.1) is 18.6 Å². The largest absolute Gasteiger partial charge is 0.481 e. The zero-order chi connectivity index (χ0) is 15.1. The number of hydrogen-bond donors (Lipinski definition) is 4. The lowest BCUT2D eigenvalue weighted by atomic mass is 9.88. The Bertz CT molecular complexity index is 367. The van der Waals surface area contributed by atoms with E-state index in [9.17, 15) is 14.4 Å². The molecule has 0 radical (unpaired) electrons. The molecule has 1 saturated carbocycles. The molecule has 2 atom stereocenters. The standard InChI is InChI=1S/C13H23N3O4/c1-8(16-13(20)10(14)7-11(17)18)15-12(19)9-5-3-2-4-6-9/h8-10H,2-7,14H2,1H3,(H,15,19)(H,16,20)(H,17,18)/t8-,10+/m1/s1. The smallest absolute Gasteiger partial charge is 0.305 e. The molecule has 0 aromatic heterocycles. The molecule has 0 saturated heterocycles. The average molecular weight is 285 g/mol. The van der Waals surface area contributed by atoms with Crippen LogP contribution in [0.25, 0.3) is 0 Å². The molecule has 1 aliphatic carbocycles. The Balaban J connectivity index is 2.34. The molecule has 0 aliphatic heterocycles. The van der Waals surface area contributed by atoms with Gasteiger partial charge in [0.2, 0.25) is 11.8 Å². The van der Waals surface area contributed by atoms with Crippen LogP contribution < -0.4 is 16.4 Å². The van der Waals surface area contributed by atoms with Crippen molar-refractivity contribution < 1.29 is 19.5 Å². The van der Waals surface area contributed by atoms with E-state index < -0.39 is 30.5 Å². The summed E-state index contributed by atoms with van der Waals surface area (Å²) >= 11 is 0. The van der Waals surface area contributed by atoms with Crippen LogP contribution in [0.15, 0.2) is 0 Å². The molecule has 0 spiro atoms. The maximum absolute atomic E-state index is 11.9. The molecule has 7 nitrogen and oxygen atoms in total. The van der Waals surface area contributed by atoms with Gasteiger partial charge >= 0.3 is 5.97 Å². The van der Waals surface area contributed by atoms with Crippen LogP contribution in [0, 0.1) is 5.92 Å². The minimum absolute atomic E-state index is 0.01000. The van der Waals surface area contributed by atoms with Crippen molar-refractivity contribution in [3.63, 3.8) is 0 Å². The number of nitrogens with one attached hydrogen (secondary N) is 2. The number of carbonyl (C=O) groups is 3. The normalized spacial score (nSPS) is 18.9. The number of carboxylic acids is 1. The maximum Gasteiger partial charge on any atom is 0.305 e. The van der Waals surface area contributed by atoms with E-state index in [1.165, 1.54) is 6.42 Å². The van der Waals surface area contributed by atoms with Crippen molar-refractivity contribution in [1.29, 1.82) is 0 Å². The zero-order valence-electron chi connectivity index (χ0n) is 11.7. The number of carbonyl (C=O) groups excluding carboxylic acids is 2. The lowest BCUT2D eigenvalue weighted by molar-refractivity contribution is -0.139. The van der Waals surface area contributed by atoms with E-state index in [4.69, 9.17) is 10.8 Å². The maximum atomic E-state index is 11.9. The first-order chi connectivity index (χ1) is 9.40. The van der Waals surface area contributed by atoms with Crippen LogP contribution in [-0.2, 0) is 14.4 Å². The van der Waals surface area contributed by atoms with Gasteiger partial charge in [0, 0.05) is 5.92 Å². The van der Waals surface area contributed by atoms with Gasteiger partial charge in [0.1, 0.15) is 0 Å². The molecular weight excluding hydrogens is 262 g/mol. The molecule has 1 rings (SSSR count). The summed E-state index contributed by atoms with van der Waals surface area (Å²) in [4.78, 5) is 34.0. The fraction of sp³-hybridized carbons (Fsp3) is 0.769. The van der Waals surface area contributed by atoms with Gasteiger partial charge in [-0.2, -0.15) is 0 Å². The van der Waals surface area contributed by atoms with Crippen molar-refractivity contribution in [2.24, 2.45) is 11.7 Å². The van der Waals surface area contributed by atoms with Gasteiger partial charge in [-0.1, -0.05) is 19.3 Å². The highest BCUT2D eigenvalue weighted by atomic mass is 16.4. The predicted octanol–water partition coefficient (Wildman–Crippen LogP) is -0.0529. The lowest BCUT2D eigenvalue weighted by Gasteiger charge is -2.24. The number of carboxylic acid groups (broad SMARTS) is 1. The number of amides is 2. The molecule has 0 aromatic carbocycles. The van der Waals surface area contributed by atoms with Crippen LogP contribution >= 0.6 is 0 Å². The third kappa shape index (κ3) is 5.56. The zero-order valence-corrected chi connectivity index (χ0v) is 11.7. The molecule has 20 heavy (non-hydrogen) atoms. The van der Waals surface area contributed by atoms with E-state index >= 15 is 0 Å². The summed E-state index contributed by atoms with van der Waals surface area (Å²) in [5, 5.41) is 13.8. The van der Waals surface area contributed by atoms with Gasteiger partial charge in [-0.25, -0.2) is 0 Å². The molecule has 1 aliphatic rings. The van der Waals surface area contributed by atoms with Crippen molar-refractivity contribution in [1.82, 2.24) is 10.6 Å². The number of rotatable bonds is 6. The first-order valence-electron chi connectivity index (χ1n) is 6.98. The Morgan fingerprint density at radius 1 is 1.20 bits per heavy atom. The summed E-state index contributed by atoms with van der Waals surface area (Å²) in [5.41, 5.74) is 5.43. The van der Waals surface area contributed by atoms with Crippen molar-refractivity contribution in [2.45, 2.75) is 57.7 Å². The van der Waals surface area contributed by atoms with Gasteiger partial charge in [-0.15, -0.1) is 0 Å². The van der Waals surface area contributed by atoms with Gasteiger partial charge in [-0.3, -0.25) is 14.4 Å². The second-order valence-electron chi connectivity index (χ2n) is 5.28. The first-order valence-corrected chi connectivity index (χ1v) is 6.98. The van der Waals surface area contributed by atoms with Crippen LogP contribution in [0.1, 0.15) is 45.4 Å². The number of nitrogens with two attached hydrogens (primary N) is 1. The van der Waals surface area contributed by atoms with Crippen molar-refractivity contribution >= 4 is 17.8 Å². The molecule has 0 heterocycles. The monoisotopic (exact) mass is 285 g/mol. The SMILES string of the molecule is C[C@H](NC(=O)C1CCCCC1)NC(=O)[C@@H](N)CC(=O)O. The Morgan fingerprint density at radius 2 is 1.80 bits per heavy atom. The Labute approximate surface area is 118 Å². The minimum atomic E-state index is -1.13. The quantitative estimate of drug-likeness (QED) is 0.510. The van der Waals surface area contributed by atoms with Crippen LogP contribution in [-0.4, -0.2) is 35.1 Å². The van der Waals surface area contributed by atoms with Crippen LogP contribution in [0.3, 0.4) is 0 Å². The second-order valence-corrected chi connectivity index (χ2v) is 5.28. The van der Waals surface area contributed by atoms with Gasteiger partial charge in [-0.05, 0) is 19.8 Å². The molecule has 0 bridgehead atoms. The number of aliphatic carboxylic acids is 1. The summed E-state index contributed by atoms with van der Waals surface area (Å²) in [5.74, 6) is -1.77. The topological polar surface area (TPSA) is 122 Å². The van der Waals surface area contributed by atoms with E-state index in [1.54, 1.807) is 6.92 Å². The van der Waals surface area contributed by atoms with E-state index in [-0.39, 0.29) is 11.8 Å². The molecule has 5 N–H and O–H groups in total. The third-order valence-electron chi connectivity index (χ3n) is 3.42. The fourth-order valence-electron chi connectivity index (χ4n) is 2.33. The summed E-state index contributed by atoms with van der Waals surface area (Å²) in [7, 11) is 0. The van der Waals surface area contributed by atoms with E-state index in [2.05, 4.69) is 10.6 Å². The molecule has 0 aromatic rings. The third-order valence-corrected chi connectivity index (χ3v) is 3.42. The molecule has 7 heteroatoms. The molecule has 114 valence electrons. The molecule has 1 fully saturated rings. The summed E-state index contributed by atoms with van der Waals surface area (Å²) < 4.78 is 0. The van der Waals surface area contributed by atoms with E-state index in [0.717, 1.165) is 25.7 Å². The molecule has 0 unspecified atom stereocenters. The predicted molar refractivity (Wildman–Crippen MR) is 72.6 cm³/mol. The Hall–Kier alpha value is -1.63. The van der Waals surface area contributed by atoms with Crippen molar-refractivity contribution in [2.75, 3.05) is 0 Å². The van der Waals surface area contributed by atoms with Crippen molar-refractivity contribution in [3.8, 4) is 0 Å². The minimum Gasteiger partial charge on any atom is -0.481 e. The average Bonchev–Trinajstić information content (AvgIpc) is 2.38. The van der Waals surface area contributed by atoms with Crippen LogP contribution in [0.4, 0.5) is 0 Å². The molecule has 2 amide bonds. The summed E-state index contributed by atoms with van der Waals surface area (Å²) in [6, 6.07) is -1.11. The van der Waals surface area contributed by atoms with Crippen molar-refractivity contribution in [3.05, 3.63) is 0 Å². The van der Waals surface area contributed by atoms with E-state index in [0.29, 0.717) is 0 Å². The highest BCUT2D eigenvalue weighted by Crippen LogP contribution is 2.23. The van der Waals surface area contributed by atoms with Gasteiger partial charge < -0.3 is 21.5 Å². The highest BCUT2D eigenvalue weighted by Gasteiger charge is 2.24. The van der Waals surface area contributed by atoms with E-state index in [1.807, 2.05) is 0 Å². The highest BCUT2D eigenvalue weighted by molar-refractivity contribution is 5.86. The summed E-state index contributed by atoms with van der Waals surface area (Å²) in [6.07, 6.45) is 4.05. The summed E-state index contributed by atoms with van der Waals surface area (Å²) in [6.45, 7) is 1.63. The Kier molecular flexibility index (Phi) is 6.44. The molecular formula is C13H23N3O4. The van der Waals surface area contributed by atoms with Crippen LogP contribution in [0.2, 0.25) is 0 Å². The van der Waals surface area contributed by atoms with Gasteiger partial charge in [0.15, 0.2) is 0 Å². The Morgan fingerprint density at radius 3 is 2.35 bits per heavy atom. The fourth-order valence-corrected chi connectivity index (χ4v) is 2.33. The van der Waals surface area contributed by atoms with Gasteiger partial charge in [0.25, 0.3) is 0 Å². The second kappa shape index (κ2) is 7.84. The van der Waals surface area contributed by atoms with Crippen LogP contribution in [0.5, 0.6) is 0 Å².